The highest BCUT2D eigenvalue weighted by Gasteiger charge is 2.44. The smallest absolute Gasteiger partial charge is 0.329 e. The number of carbonyl (C=O) groups excluding carboxylic acids is 4. The van der Waals surface area contributed by atoms with Crippen molar-refractivity contribution in [3.8, 4) is 0 Å². The Morgan fingerprint density at radius 1 is 1.20 bits per heavy atom. The summed E-state index contributed by atoms with van der Waals surface area (Å²) in [6.45, 7) is 6.84. The van der Waals surface area contributed by atoms with E-state index in [4.69, 9.17) is 4.74 Å². The molecule has 30 heavy (non-hydrogen) atoms. The number of esters is 1. The van der Waals surface area contributed by atoms with Gasteiger partial charge >= 0.3 is 5.97 Å². The molecule has 2 heterocycles. The molecule has 0 aliphatic carbocycles. The van der Waals surface area contributed by atoms with Crippen LogP contribution in [0.4, 0.5) is 0 Å². The third-order valence-corrected chi connectivity index (χ3v) is 6.40. The summed E-state index contributed by atoms with van der Waals surface area (Å²) < 4.78 is 5.53. The molecule has 2 unspecified atom stereocenters. The van der Waals surface area contributed by atoms with Crippen LogP contribution in [0.25, 0.3) is 0 Å². The lowest BCUT2D eigenvalue weighted by molar-refractivity contribution is -0.160. The number of thioether (sulfide) groups is 1. The van der Waals surface area contributed by atoms with Crippen LogP contribution in [0.2, 0.25) is 0 Å². The number of rotatable bonds is 7. The van der Waals surface area contributed by atoms with Gasteiger partial charge in [-0.15, -0.1) is 11.8 Å². The van der Waals surface area contributed by atoms with E-state index in [1.807, 2.05) is 0 Å². The molecule has 3 rings (SSSR count). The van der Waals surface area contributed by atoms with Crippen LogP contribution in [-0.2, 0) is 14.3 Å². The van der Waals surface area contributed by atoms with Crippen molar-refractivity contribution >= 4 is 35.3 Å². The van der Waals surface area contributed by atoms with Crippen LogP contribution in [0.5, 0.6) is 0 Å². The Bertz CT molecular complexity index is 828. The molecule has 7 nitrogen and oxygen atoms in total. The van der Waals surface area contributed by atoms with E-state index in [1.165, 1.54) is 0 Å². The molecule has 0 radical (unpaired) electrons. The number of imide groups is 1. The average molecular weight is 433 g/mol. The number of amides is 2. The lowest BCUT2D eigenvalue weighted by Crippen LogP contribution is -2.47. The summed E-state index contributed by atoms with van der Waals surface area (Å²) in [5.41, 5.74) is -0.104. The first-order valence-corrected chi connectivity index (χ1v) is 11.2. The SMILES string of the molecule is CC(=O)C1CSC(CCC[C@@H](C(=O)OC(C)(C)C)N2C(=O)c3ccccc3C2=O)N1. The van der Waals surface area contributed by atoms with Crippen LogP contribution in [0.15, 0.2) is 24.3 Å². The number of Topliss-reactive ketones (excluding diaryl/α,β-unsaturated/α-hetero) is 1. The molecule has 1 aromatic carbocycles. The molecule has 2 aliphatic heterocycles. The summed E-state index contributed by atoms with van der Waals surface area (Å²) in [6.07, 6.45) is 1.63. The Morgan fingerprint density at radius 2 is 1.80 bits per heavy atom. The molecule has 1 aromatic rings. The van der Waals surface area contributed by atoms with E-state index in [0.717, 1.165) is 17.1 Å². The van der Waals surface area contributed by atoms with E-state index >= 15 is 0 Å². The van der Waals surface area contributed by atoms with Gasteiger partial charge in [0.1, 0.15) is 17.4 Å². The number of carbonyl (C=O) groups is 4. The molecule has 0 spiro atoms. The zero-order chi connectivity index (χ0) is 22.1. The van der Waals surface area contributed by atoms with Gasteiger partial charge in [-0.2, -0.15) is 0 Å². The van der Waals surface area contributed by atoms with Crippen molar-refractivity contribution in [2.45, 2.75) is 70.0 Å². The summed E-state index contributed by atoms with van der Waals surface area (Å²) in [6, 6.07) is 5.48. The minimum Gasteiger partial charge on any atom is -0.458 e. The lowest BCUT2D eigenvalue weighted by Gasteiger charge is -2.29. The number of hydrogen-bond acceptors (Lipinski definition) is 7. The molecule has 3 atom stereocenters. The second-order valence-corrected chi connectivity index (χ2v) is 9.89. The second-order valence-electron chi connectivity index (χ2n) is 8.66. The monoisotopic (exact) mass is 432 g/mol. The maximum atomic E-state index is 12.9. The van der Waals surface area contributed by atoms with Crippen molar-refractivity contribution in [2.75, 3.05) is 5.75 Å². The maximum absolute atomic E-state index is 12.9. The molecular formula is C22H28N2O5S. The fraction of sp³-hybridized carbons (Fsp3) is 0.545. The highest BCUT2D eigenvalue weighted by atomic mass is 32.2. The number of ether oxygens (including phenoxy) is 1. The lowest BCUT2D eigenvalue weighted by atomic mass is 10.1. The predicted octanol–water partition coefficient (Wildman–Crippen LogP) is 2.78. The van der Waals surface area contributed by atoms with Crippen molar-refractivity contribution in [2.24, 2.45) is 0 Å². The fourth-order valence-corrected chi connectivity index (χ4v) is 4.99. The largest absolute Gasteiger partial charge is 0.458 e. The number of fused-ring (bicyclic) bond motifs is 1. The van der Waals surface area contributed by atoms with Gasteiger partial charge in [0.05, 0.1) is 22.5 Å². The molecule has 2 aliphatic rings. The minimum absolute atomic E-state index is 0.111. The van der Waals surface area contributed by atoms with Crippen LogP contribution < -0.4 is 5.32 Å². The first-order valence-electron chi connectivity index (χ1n) is 10.2. The van der Waals surface area contributed by atoms with Gasteiger partial charge in [0.2, 0.25) is 0 Å². The van der Waals surface area contributed by atoms with Crippen LogP contribution in [-0.4, -0.2) is 57.3 Å². The summed E-state index contributed by atoms with van der Waals surface area (Å²) >= 11 is 1.68. The molecule has 0 aromatic heterocycles. The minimum atomic E-state index is -0.980. The van der Waals surface area contributed by atoms with Gasteiger partial charge in [0.15, 0.2) is 0 Å². The quantitative estimate of drug-likeness (QED) is 0.523. The number of hydrogen-bond donors (Lipinski definition) is 1. The van der Waals surface area contributed by atoms with Gasteiger partial charge in [0, 0.05) is 5.75 Å². The van der Waals surface area contributed by atoms with Crippen molar-refractivity contribution in [1.29, 1.82) is 0 Å². The second kappa shape index (κ2) is 8.89. The number of nitrogens with zero attached hydrogens (tertiary/aromatic N) is 1. The Morgan fingerprint density at radius 3 is 2.30 bits per heavy atom. The molecule has 1 N–H and O–H groups in total. The highest BCUT2D eigenvalue weighted by Crippen LogP contribution is 2.29. The third-order valence-electron chi connectivity index (χ3n) is 5.10. The van der Waals surface area contributed by atoms with E-state index in [0.29, 0.717) is 24.0 Å². The van der Waals surface area contributed by atoms with Gasteiger partial charge in [-0.3, -0.25) is 24.6 Å². The Hall–Kier alpha value is -2.19. The van der Waals surface area contributed by atoms with Gasteiger partial charge in [-0.25, -0.2) is 4.79 Å². The average Bonchev–Trinajstić information content (AvgIpc) is 3.23. The molecule has 1 fully saturated rings. The van der Waals surface area contributed by atoms with Crippen LogP contribution in [0.3, 0.4) is 0 Å². The number of ketones is 1. The van der Waals surface area contributed by atoms with Crippen molar-refractivity contribution in [1.82, 2.24) is 10.2 Å². The predicted molar refractivity (Wildman–Crippen MR) is 114 cm³/mol. The van der Waals surface area contributed by atoms with Crippen molar-refractivity contribution < 1.29 is 23.9 Å². The third kappa shape index (κ3) is 4.92. The molecule has 8 heteroatoms. The first kappa shape index (κ1) is 22.5. The van der Waals surface area contributed by atoms with E-state index in [2.05, 4.69) is 5.32 Å². The molecular weight excluding hydrogens is 404 g/mol. The Labute approximate surface area is 180 Å². The topological polar surface area (TPSA) is 92.8 Å². The first-order chi connectivity index (χ1) is 14.1. The van der Waals surface area contributed by atoms with Gasteiger partial charge < -0.3 is 4.74 Å². The molecule has 2 amide bonds. The molecule has 0 saturated carbocycles. The van der Waals surface area contributed by atoms with Crippen LogP contribution in [0, 0.1) is 0 Å². The molecule has 162 valence electrons. The number of nitrogens with one attached hydrogen (secondary N) is 1. The standard InChI is InChI=1S/C22H28N2O5S/c1-13(25)16-12-30-18(23-16)11-7-10-17(21(28)29-22(2,3)4)24-19(26)14-8-5-6-9-15(14)20(24)27/h5-6,8-9,16-18,23H,7,10-12H2,1-4H3/t16?,17-,18?/m0/s1. The summed E-state index contributed by atoms with van der Waals surface area (Å²) in [5.74, 6) is -0.658. The Kier molecular flexibility index (Phi) is 6.67. The van der Waals surface area contributed by atoms with E-state index in [1.54, 1.807) is 63.7 Å². The highest BCUT2D eigenvalue weighted by molar-refractivity contribution is 8.00. The van der Waals surface area contributed by atoms with Crippen LogP contribution in [0.1, 0.15) is 67.7 Å². The van der Waals surface area contributed by atoms with Gasteiger partial charge in [0.25, 0.3) is 11.8 Å². The van der Waals surface area contributed by atoms with Gasteiger partial charge in [-0.05, 0) is 59.1 Å². The zero-order valence-corrected chi connectivity index (χ0v) is 18.6. The van der Waals surface area contributed by atoms with E-state index in [9.17, 15) is 19.2 Å². The van der Waals surface area contributed by atoms with Crippen molar-refractivity contribution in [3.63, 3.8) is 0 Å². The normalized spacial score (nSPS) is 22.2. The molecule has 0 bridgehead atoms. The zero-order valence-electron chi connectivity index (χ0n) is 17.8. The summed E-state index contributed by atoms with van der Waals surface area (Å²) in [5, 5.41) is 3.39. The van der Waals surface area contributed by atoms with E-state index in [-0.39, 0.29) is 17.2 Å². The molecule has 1 saturated heterocycles. The maximum Gasteiger partial charge on any atom is 0.329 e. The summed E-state index contributed by atoms with van der Waals surface area (Å²) in [4.78, 5) is 51.3. The Balaban J connectivity index is 1.72. The fourth-order valence-electron chi connectivity index (χ4n) is 3.64. The number of benzene rings is 1. The summed E-state index contributed by atoms with van der Waals surface area (Å²) in [7, 11) is 0. The van der Waals surface area contributed by atoms with Crippen molar-refractivity contribution in [3.05, 3.63) is 35.4 Å². The van der Waals surface area contributed by atoms with Gasteiger partial charge in [-0.1, -0.05) is 12.1 Å². The van der Waals surface area contributed by atoms with Crippen LogP contribution >= 0.6 is 11.8 Å². The van der Waals surface area contributed by atoms with E-state index < -0.39 is 29.4 Å².